The Bertz CT molecular complexity index is 568. The highest BCUT2D eigenvalue weighted by atomic mass is 79.9. The summed E-state index contributed by atoms with van der Waals surface area (Å²) in [7, 11) is 3.67. The van der Waals surface area contributed by atoms with Crippen LogP contribution in [-0.4, -0.2) is 23.2 Å². The minimum absolute atomic E-state index is 0.224. The number of nitrogens with one attached hydrogen (secondary N) is 1. The van der Waals surface area contributed by atoms with Gasteiger partial charge in [-0.3, -0.25) is 0 Å². The fourth-order valence-corrected chi connectivity index (χ4v) is 2.80. The number of aromatic nitrogens is 2. The molecule has 2 rings (SSSR count). The number of nitrogens with zero attached hydrogens (tertiary/aromatic N) is 2. The molecule has 0 saturated carbocycles. The lowest BCUT2D eigenvalue weighted by Gasteiger charge is -2.16. The molecule has 0 aliphatic rings. The van der Waals surface area contributed by atoms with E-state index in [9.17, 15) is 0 Å². The van der Waals surface area contributed by atoms with Crippen molar-refractivity contribution in [3.63, 3.8) is 0 Å². The van der Waals surface area contributed by atoms with Crippen LogP contribution in [0.5, 0.6) is 5.75 Å². The highest BCUT2D eigenvalue weighted by molar-refractivity contribution is 9.10. The van der Waals surface area contributed by atoms with E-state index < -0.39 is 0 Å². The van der Waals surface area contributed by atoms with Crippen molar-refractivity contribution in [3.8, 4) is 5.75 Å². The Kier molecular flexibility index (Phi) is 5.20. The number of likely N-dealkylation sites (N-methyl/N-ethyl adjacent to an activating group) is 1. The van der Waals surface area contributed by atoms with Crippen LogP contribution in [0.15, 0.2) is 35.2 Å². The van der Waals surface area contributed by atoms with Gasteiger partial charge in [0.05, 0.1) is 29.6 Å². The molecule has 0 amide bonds. The minimum Gasteiger partial charge on any atom is -0.496 e. The fourth-order valence-electron chi connectivity index (χ4n) is 2.21. The number of hydrogen-bond donors (Lipinski definition) is 1. The maximum Gasteiger partial charge on any atom is 0.133 e. The van der Waals surface area contributed by atoms with Crippen LogP contribution in [0.2, 0.25) is 0 Å². The maximum absolute atomic E-state index is 5.26. The first-order valence-electron chi connectivity index (χ1n) is 6.67. The largest absolute Gasteiger partial charge is 0.496 e. The molecule has 1 unspecified atom stereocenters. The third-order valence-corrected chi connectivity index (χ3v) is 3.81. The Morgan fingerprint density at radius 2 is 2.25 bits per heavy atom. The SMILES string of the molecule is CCNC(Cc1ccc(OC)c(Br)c1)c1cn(C)cn1. The Morgan fingerprint density at radius 3 is 2.80 bits per heavy atom. The first-order valence-corrected chi connectivity index (χ1v) is 7.47. The number of halogens is 1. The molecule has 1 aromatic carbocycles. The monoisotopic (exact) mass is 337 g/mol. The Morgan fingerprint density at radius 1 is 1.45 bits per heavy atom. The average Bonchev–Trinajstić information content (AvgIpc) is 2.85. The summed E-state index contributed by atoms with van der Waals surface area (Å²) < 4.78 is 8.22. The zero-order chi connectivity index (χ0) is 14.5. The molecule has 2 aromatic rings. The highest BCUT2D eigenvalue weighted by Crippen LogP contribution is 2.27. The summed E-state index contributed by atoms with van der Waals surface area (Å²) in [4.78, 5) is 4.45. The van der Waals surface area contributed by atoms with Gasteiger partial charge in [-0.2, -0.15) is 0 Å². The van der Waals surface area contributed by atoms with Crippen molar-refractivity contribution >= 4 is 15.9 Å². The summed E-state index contributed by atoms with van der Waals surface area (Å²) in [5.41, 5.74) is 2.32. The van der Waals surface area contributed by atoms with Crippen molar-refractivity contribution in [1.82, 2.24) is 14.9 Å². The molecule has 0 bridgehead atoms. The van der Waals surface area contributed by atoms with Crippen molar-refractivity contribution in [3.05, 3.63) is 46.5 Å². The van der Waals surface area contributed by atoms with Gasteiger partial charge in [-0.25, -0.2) is 4.98 Å². The van der Waals surface area contributed by atoms with Crippen LogP contribution in [0.1, 0.15) is 24.2 Å². The second-order valence-electron chi connectivity index (χ2n) is 4.75. The first-order chi connectivity index (χ1) is 9.63. The van der Waals surface area contributed by atoms with Gasteiger partial charge in [0.25, 0.3) is 0 Å². The van der Waals surface area contributed by atoms with E-state index in [0.29, 0.717) is 0 Å². The van der Waals surface area contributed by atoms with Crippen molar-refractivity contribution in [1.29, 1.82) is 0 Å². The van der Waals surface area contributed by atoms with Crippen LogP contribution in [0.4, 0.5) is 0 Å². The van der Waals surface area contributed by atoms with E-state index in [1.54, 1.807) is 7.11 Å². The minimum atomic E-state index is 0.224. The van der Waals surface area contributed by atoms with E-state index in [4.69, 9.17) is 4.74 Å². The Hall–Kier alpha value is -1.33. The van der Waals surface area contributed by atoms with Crippen molar-refractivity contribution < 1.29 is 4.74 Å². The maximum atomic E-state index is 5.26. The van der Waals surface area contributed by atoms with Gasteiger partial charge in [-0.05, 0) is 46.6 Å². The molecule has 1 heterocycles. The molecule has 4 nitrogen and oxygen atoms in total. The van der Waals surface area contributed by atoms with E-state index in [1.807, 2.05) is 24.0 Å². The van der Waals surface area contributed by atoms with Crippen LogP contribution < -0.4 is 10.1 Å². The zero-order valence-electron chi connectivity index (χ0n) is 12.1. The zero-order valence-corrected chi connectivity index (χ0v) is 13.6. The molecule has 20 heavy (non-hydrogen) atoms. The molecule has 0 spiro atoms. The quantitative estimate of drug-likeness (QED) is 0.880. The summed E-state index contributed by atoms with van der Waals surface area (Å²) in [6.45, 7) is 3.03. The molecular weight excluding hydrogens is 318 g/mol. The molecule has 108 valence electrons. The van der Waals surface area contributed by atoms with Gasteiger partial charge < -0.3 is 14.6 Å². The summed E-state index contributed by atoms with van der Waals surface area (Å²) >= 11 is 3.53. The topological polar surface area (TPSA) is 39.1 Å². The molecule has 0 saturated heterocycles. The lowest BCUT2D eigenvalue weighted by atomic mass is 10.0. The summed E-state index contributed by atoms with van der Waals surface area (Å²) in [6.07, 6.45) is 4.79. The predicted molar refractivity (Wildman–Crippen MR) is 84.0 cm³/mol. The molecule has 0 fully saturated rings. The Labute approximate surface area is 128 Å². The molecule has 1 aromatic heterocycles. The third-order valence-electron chi connectivity index (χ3n) is 3.19. The highest BCUT2D eigenvalue weighted by Gasteiger charge is 2.14. The van der Waals surface area contributed by atoms with Gasteiger partial charge in [0.1, 0.15) is 5.75 Å². The fraction of sp³-hybridized carbons (Fsp3) is 0.400. The molecule has 1 N–H and O–H groups in total. The number of hydrogen-bond acceptors (Lipinski definition) is 3. The van der Waals surface area contributed by atoms with Gasteiger partial charge in [0, 0.05) is 13.2 Å². The number of methoxy groups -OCH3 is 1. The average molecular weight is 338 g/mol. The van der Waals surface area contributed by atoms with Crippen molar-refractivity contribution in [2.75, 3.05) is 13.7 Å². The van der Waals surface area contributed by atoms with E-state index >= 15 is 0 Å². The van der Waals surface area contributed by atoms with Crippen LogP contribution in [0.3, 0.4) is 0 Å². The van der Waals surface area contributed by atoms with Gasteiger partial charge in [-0.15, -0.1) is 0 Å². The van der Waals surface area contributed by atoms with Crippen LogP contribution in [-0.2, 0) is 13.5 Å². The number of ether oxygens (including phenoxy) is 1. The molecule has 1 atom stereocenters. The molecule has 0 aliphatic carbocycles. The van der Waals surface area contributed by atoms with Crippen LogP contribution in [0.25, 0.3) is 0 Å². The smallest absolute Gasteiger partial charge is 0.133 e. The Balaban J connectivity index is 2.17. The van der Waals surface area contributed by atoms with E-state index in [2.05, 4.69) is 51.5 Å². The van der Waals surface area contributed by atoms with Crippen molar-refractivity contribution in [2.45, 2.75) is 19.4 Å². The number of aryl methyl sites for hydroxylation is 1. The van der Waals surface area contributed by atoms with Crippen molar-refractivity contribution in [2.24, 2.45) is 7.05 Å². The summed E-state index contributed by atoms with van der Waals surface area (Å²) in [5, 5.41) is 3.49. The number of rotatable bonds is 6. The van der Waals surface area contributed by atoms with Gasteiger partial charge in [0.2, 0.25) is 0 Å². The third kappa shape index (κ3) is 3.61. The van der Waals surface area contributed by atoms with Gasteiger partial charge in [-0.1, -0.05) is 13.0 Å². The van der Waals surface area contributed by atoms with E-state index in [1.165, 1.54) is 5.56 Å². The normalized spacial score (nSPS) is 12.4. The van der Waals surface area contributed by atoms with Crippen LogP contribution >= 0.6 is 15.9 Å². The van der Waals surface area contributed by atoms with Gasteiger partial charge >= 0.3 is 0 Å². The second kappa shape index (κ2) is 6.90. The standard InChI is InChI=1S/C15H20BrN3O/c1-4-17-13(14-9-19(2)10-18-14)8-11-5-6-15(20-3)12(16)7-11/h5-7,9-10,13,17H,4,8H2,1-3H3. The molecular formula is C15H20BrN3O. The number of imidazole rings is 1. The van der Waals surface area contributed by atoms with E-state index in [0.717, 1.165) is 28.9 Å². The first kappa shape index (κ1) is 15.1. The number of benzene rings is 1. The van der Waals surface area contributed by atoms with Gasteiger partial charge in [0.15, 0.2) is 0 Å². The summed E-state index contributed by atoms with van der Waals surface area (Å²) in [5.74, 6) is 0.853. The molecule has 5 heteroatoms. The molecule has 0 radical (unpaired) electrons. The molecule has 0 aliphatic heterocycles. The predicted octanol–water partition coefficient (Wildman–Crippen LogP) is 3.08. The lowest BCUT2D eigenvalue weighted by Crippen LogP contribution is -2.23. The summed E-state index contributed by atoms with van der Waals surface area (Å²) in [6, 6.07) is 6.41. The van der Waals surface area contributed by atoms with Crippen LogP contribution in [0, 0.1) is 0 Å². The second-order valence-corrected chi connectivity index (χ2v) is 5.60. The lowest BCUT2D eigenvalue weighted by molar-refractivity contribution is 0.412. The van der Waals surface area contributed by atoms with E-state index in [-0.39, 0.29) is 6.04 Å².